The Balaban J connectivity index is 1.53. The highest BCUT2D eigenvalue weighted by Gasteiger charge is 2.23. The van der Waals surface area contributed by atoms with Crippen LogP contribution in [0, 0.1) is 6.92 Å². The van der Waals surface area contributed by atoms with Gasteiger partial charge in [-0.1, -0.05) is 0 Å². The van der Waals surface area contributed by atoms with E-state index in [4.69, 9.17) is 4.74 Å². The van der Waals surface area contributed by atoms with Crippen LogP contribution in [0.3, 0.4) is 0 Å². The lowest BCUT2D eigenvalue weighted by atomic mass is 10.0. The van der Waals surface area contributed by atoms with Crippen molar-refractivity contribution in [3.05, 3.63) is 24.1 Å². The van der Waals surface area contributed by atoms with Crippen LogP contribution in [0.5, 0.6) is 0 Å². The van der Waals surface area contributed by atoms with Gasteiger partial charge in [0, 0.05) is 38.8 Å². The van der Waals surface area contributed by atoms with Gasteiger partial charge in [0.15, 0.2) is 0 Å². The van der Waals surface area contributed by atoms with Crippen molar-refractivity contribution in [3.8, 4) is 0 Å². The summed E-state index contributed by atoms with van der Waals surface area (Å²) in [5, 5.41) is 8.14. The minimum Gasteiger partial charge on any atom is -0.497 e. The fraction of sp³-hybridized carbons (Fsp3) is 0.688. The number of aryl methyl sites for hydroxylation is 2. The van der Waals surface area contributed by atoms with Crippen LogP contribution in [-0.2, 0) is 11.8 Å². The zero-order valence-corrected chi connectivity index (χ0v) is 13.1. The highest BCUT2D eigenvalue weighted by Crippen LogP contribution is 2.20. The molecule has 0 spiro atoms. The third-order valence-corrected chi connectivity index (χ3v) is 4.38. The Morgan fingerprint density at radius 3 is 3.05 bits per heavy atom. The maximum absolute atomic E-state index is 5.63. The number of anilines is 1. The van der Waals surface area contributed by atoms with Crippen LogP contribution in [0.1, 0.15) is 31.4 Å². The van der Waals surface area contributed by atoms with Gasteiger partial charge in [-0.05, 0) is 38.7 Å². The van der Waals surface area contributed by atoms with E-state index in [2.05, 4.69) is 34.4 Å². The number of hydrogen-bond acceptors (Lipinski definition) is 4. The van der Waals surface area contributed by atoms with Crippen molar-refractivity contribution in [3.63, 3.8) is 0 Å². The molecule has 3 heterocycles. The molecule has 1 aromatic heterocycles. The first-order valence-corrected chi connectivity index (χ1v) is 8.02. The molecule has 3 rings (SSSR count). The van der Waals surface area contributed by atoms with Gasteiger partial charge in [0.2, 0.25) is 0 Å². The molecule has 5 nitrogen and oxygen atoms in total. The summed E-state index contributed by atoms with van der Waals surface area (Å²) in [4.78, 5) is 2.45. The Morgan fingerprint density at radius 2 is 2.33 bits per heavy atom. The number of nitrogens with one attached hydrogen (secondary N) is 1. The summed E-state index contributed by atoms with van der Waals surface area (Å²) in [6.45, 7) is 5.19. The molecule has 1 fully saturated rings. The summed E-state index contributed by atoms with van der Waals surface area (Å²) in [6.07, 6.45) is 9.02. The molecule has 0 amide bonds. The van der Waals surface area contributed by atoms with Crippen molar-refractivity contribution in [2.45, 2.75) is 44.8 Å². The summed E-state index contributed by atoms with van der Waals surface area (Å²) in [6, 6.07) is 2.72. The molecule has 2 atom stereocenters. The SMILES string of the molecule is Cc1cc(N2CCC[C@H](NC[C@H]3CCC=CO3)C2)n(C)n1. The number of ether oxygens (including phenoxy) is 1. The summed E-state index contributed by atoms with van der Waals surface area (Å²) in [7, 11) is 2.03. The molecule has 1 N–H and O–H groups in total. The first-order valence-electron chi connectivity index (χ1n) is 8.02. The van der Waals surface area contributed by atoms with E-state index >= 15 is 0 Å². The van der Waals surface area contributed by atoms with Crippen LogP contribution in [0.25, 0.3) is 0 Å². The van der Waals surface area contributed by atoms with E-state index in [0.29, 0.717) is 12.1 Å². The van der Waals surface area contributed by atoms with Gasteiger partial charge in [-0.15, -0.1) is 0 Å². The first kappa shape index (κ1) is 14.4. The van der Waals surface area contributed by atoms with Gasteiger partial charge in [-0.25, -0.2) is 0 Å². The molecule has 1 aromatic rings. The molecule has 0 bridgehead atoms. The van der Waals surface area contributed by atoms with Gasteiger partial charge in [-0.3, -0.25) is 4.68 Å². The van der Waals surface area contributed by atoms with Gasteiger partial charge in [0.1, 0.15) is 11.9 Å². The molecule has 1 saturated heterocycles. The summed E-state index contributed by atoms with van der Waals surface area (Å²) >= 11 is 0. The molecular weight excluding hydrogens is 264 g/mol. The maximum Gasteiger partial charge on any atom is 0.126 e. The third-order valence-electron chi connectivity index (χ3n) is 4.38. The van der Waals surface area contributed by atoms with Crippen LogP contribution in [0.2, 0.25) is 0 Å². The topological polar surface area (TPSA) is 42.3 Å². The monoisotopic (exact) mass is 290 g/mol. The van der Waals surface area contributed by atoms with E-state index in [1.54, 1.807) is 0 Å². The largest absolute Gasteiger partial charge is 0.497 e. The Morgan fingerprint density at radius 1 is 1.43 bits per heavy atom. The number of piperidine rings is 1. The van der Waals surface area contributed by atoms with Gasteiger partial charge in [-0.2, -0.15) is 5.10 Å². The molecule has 2 aliphatic heterocycles. The second-order valence-electron chi connectivity index (χ2n) is 6.17. The fourth-order valence-corrected chi connectivity index (χ4v) is 3.28. The fourth-order valence-electron chi connectivity index (χ4n) is 3.28. The van der Waals surface area contributed by atoms with Crippen LogP contribution >= 0.6 is 0 Å². The molecule has 0 aliphatic carbocycles. The zero-order valence-electron chi connectivity index (χ0n) is 13.1. The molecule has 2 aliphatic rings. The quantitative estimate of drug-likeness (QED) is 0.921. The average Bonchev–Trinajstić information content (AvgIpc) is 2.85. The van der Waals surface area contributed by atoms with Crippen LogP contribution in [0.4, 0.5) is 5.82 Å². The van der Waals surface area contributed by atoms with Crippen molar-refractivity contribution >= 4 is 5.82 Å². The molecule has 116 valence electrons. The van der Waals surface area contributed by atoms with Gasteiger partial charge < -0.3 is 15.0 Å². The minimum absolute atomic E-state index is 0.337. The predicted molar refractivity (Wildman–Crippen MR) is 84.4 cm³/mol. The number of aromatic nitrogens is 2. The second-order valence-corrected chi connectivity index (χ2v) is 6.17. The highest BCUT2D eigenvalue weighted by atomic mass is 16.5. The van der Waals surface area contributed by atoms with Crippen molar-refractivity contribution in [1.82, 2.24) is 15.1 Å². The van der Waals surface area contributed by atoms with Crippen molar-refractivity contribution < 1.29 is 4.74 Å². The lowest BCUT2D eigenvalue weighted by Crippen LogP contribution is -2.48. The average molecular weight is 290 g/mol. The first-order chi connectivity index (χ1) is 10.2. The molecular formula is C16H26N4O. The Hall–Kier alpha value is -1.49. The van der Waals surface area contributed by atoms with Crippen molar-refractivity contribution in [2.24, 2.45) is 7.05 Å². The summed E-state index contributed by atoms with van der Waals surface area (Å²) in [5.41, 5.74) is 1.09. The maximum atomic E-state index is 5.63. The predicted octanol–water partition coefficient (Wildman–Crippen LogP) is 1.98. The lowest BCUT2D eigenvalue weighted by Gasteiger charge is -2.35. The summed E-state index contributed by atoms with van der Waals surface area (Å²) < 4.78 is 7.62. The van der Waals surface area contributed by atoms with Gasteiger partial charge >= 0.3 is 0 Å². The highest BCUT2D eigenvalue weighted by molar-refractivity contribution is 5.41. The Labute approximate surface area is 127 Å². The Bertz CT molecular complexity index is 496. The minimum atomic E-state index is 0.337. The molecule has 21 heavy (non-hydrogen) atoms. The van der Waals surface area contributed by atoms with E-state index in [1.165, 1.54) is 18.7 Å². The van der Waals surface area contributed by atoms with E-state index in [1.807, 2.05) is 18.0 Å². The second kappa shape index (κ2) is 6.52. The van der Waals surface area contributed by atoms with E-state index in [0.717, 1.165) is 38.2 Å². The number of rotatable bonds is 4. The molecule has 0 aromatic carbocycles. The van der Waals surface area contributed by atoms with Crippen molar-refractivity contribution in [1.29, 1.82) is 0 Å². The molecule has 0 saturated carbocycles. The van der Waals surface area contributed by atoms with Crippen molar-refractivity contribution in [2.75, 3.05) is 24.5 Å². The smallest absolute Gasteiger partial charge is 0.126 e. The van der Waals surface area contributed by atoms with E-state index < -0.39 is 0 Å². The number of allylic oxidation sites excluding steroid dienone is 1. The molecule has 0 unspecified atom stereocenters. The lowest BCUT2D eigenvalue weighted by molar-refractivity contribution is 0.118. The van der Waals surface area contributed by atoms with Crippen LogP contribution in [-0.4, -0.2) is 41.6 Å². The number of nitrogens with zero attached hydrogens (tertiary/aromatic N) is 3. The van der Waals surface area contributed by atoms with E-state index in [-0.39, 0.29) is 0 Å². The van der Waals surface area contributed by atoms with Gasteiger partial charge in [0.05, 0.1) is 12.0 Å². The van der Waals surface area contributed by atoms with Gasteiger partial charge in [0.25, 0.3) is 0 Å². The molecule has 5 heteroatoms. The summed E-state index contributed by atoms with van der Waals surface area (Å²) in [5.74, 6) is 1.23. The van der Waals surface area contributed by atoms with Crippen LogP contribution < -0.4 is 10.2 Å². The van der Waals surface area contributed by atoms with Crippen LogP contribution in [0.15, 0.2) is 18.4 Å². The van der Waals surface area contributed by atoms with E-state index in [9.17, 15) is 0 Å². The third kappa shape index (κ3) is 3.59. The molecule has 0 radical (unpaired) electrons. The normalized spacial score (nSPS) is 25.9. The standard InChI is InChI=1S/C16H26N4O/c1-13-10-16(19(2)18-13)20-8-5-6-14(12-20)17-11-15-7-3-4-9-21-15/h4,9-10,14-15,17H,3,5-8,11-12H2,1-2H3/t14-,15+/m0/s1. The number of hydrogen-bond donors (Lipinski definition) is 1. The Kier molecular flexibility index (Phi) is 4.48. The zero-order chi connectivity index (χ0) is 14.7.